The molecule has 2 aliphatic rings. The third-order valence-electron chi connectivity index (χ3n) is 7.50. The number of carbonyl (C=O) groups excluding carboxylic acids is 1. The number of benzene rings is 1. The molecule has 8 nitrogen and oxygen atoms in total. The summed E-state index contributed by atoms with van der Waals surface area (Å²) in [5, 5.41) is 9.57. The van der Waals surface area contributed by atoms with E-state index in [0.29, 0.717) is 61.2 Å². The molecule has 2 aromatic heterocycles. The van der Waals surface area contributed by atoms with Gasteiger partial charge in [-0.2, -0.15) is 18.4 Å². The van der Waals surface area contributed by atoms with E-state index in [9.17, 15) is 23.2 Å². The van der Waals surface area contributed by atoms with E-state index in [-0.39, 0.29) is 24.1 Å². The second-order valence-electron chi connectivity index (χ2n) is 10.2. The number of anilines is 2. The van der Waals surface area contributed by atoms with Gasteiger partial charge in [-0.25, -0.2) is 9.97 Å². The Kier molecular flexibility index (Phi) is 7.14. The van der Waals surface area contributed by atoms with Gasteiger partial charge in [0.25, 0.3) is 0 Å². The molecule has 3 aromatic rings. The van der Waals surface area contributed by atoms with Crippen molar-refractivity contribution in [3.05, 3.63) is 65.4 Å². The molecule has 0 saturated carbocycles. The van der Waals surface area contributed by atoms with Crippen molar-refractivity contribution in [3.8, 4) is 23.2 Å². The van der Waals surface area contributed by atoms with Crippen molar-refractivity contribution in [2.45, 2.75) is 44.3 Å². The molecule has 2 aliphatic heterocycles. The first-order valence-corrected chi connectivity index (χ1v) is 13.1. The summed E-state index contributed by atoms with van der Waals surface area (Å²) in [7, 11) is 0. The average molecular weight is 551 g/mol. The van der Waals surface area contributed by atoms with Crippen LogP contribution in [0.4, 0.5) is 24.7 Å². The van der Waals surface area contributed by atoms with Gasteiger partial charge in [-0.3, -0.25) is 9.69 Å². The third kappa shape index (κ3) is 4.73. The number of halogens is 3. The number of hydrogen-bond donors (Lipinski definition) is 1. The monoisotopic (exact) mass is 550 g/mol. The van der Waals surface area contributed by atoms with Gasteiger partial charge in [0.15, 0.2) is 0 Å². The predicted octanol–water partition coefficient (Wildman–Crippen LogP) is 4.66. The predicted molar refractivity (Wildman–Crippen MR) is 144 cm³/mol. The van der Waals surface area contributed by atoms with Crippen LogP contribution in [0.2, 0.25) is 0 Å². The number of ether oxygens (including phenoxy) is 1. The summed E-state index contributed by atoms with van der Waals surface area (Å²) >= 11 is 0. The molecule has 40 heavy (non-hydrogen) atoms. The molecule has 1 atom stereocenters. The first-order valence-electron chi connectivity index (χ1n) is 13.1. The van der Waals surface area contributed by atoms with Crippen LogP contribution in [-0.2, 0) is 16.4 Å². The molecule has 208 valence electrons. The number of fused-ring (bicyclic) bond motifs is 2. The SMILES string of the molecule is CCOc1ncccc1-c1ccc2c(n1)N(C[C@@H](C)N)C(=O)C21CCN(c2ccc(C(F)(F)F)cc2C#N)CC1. The normalized spacial score (nSPS) is 17.1. The lowest BCUT2D eigenvalue weighted by Gasteiger charge is -2.40. The molecule has 0 unspecified atom stereocenters. The van der Waals surface area contributed by atoms with Gasteiger partial charge in [0, 0.05) is 37.4 Å². The summed E-state index contributed by atoms with van der Waals surface area (Å²) in [5.41, 5.74) is 6.93. The van der Waals surface area contributed by atoms with Crippen LogP contribution in [0.5, 0.6) is 5.88 Å². The van der Waals surface area contributed by atoms with E-state index in [1.54, 1.807) is 17.2 Å². The number of aromatic nitrogens is 2. The molecule has 4 heterocycles. The quantitative estimate of drug-likeness (QED) is 0.475. The lowest BCUT2D eigenvalue weighted by molar-refractivity contribution is -0.137. The van der Waals surface area contributed by atoms with Gasteiger partial charge in [-0.1, -0.05) is 6.07 Å². The number of carbonyl (C=O) groups is 1. The number of nitrogens with two attached hydrogens (primary N) is 1. The number of piperidine rings is 1. The number of pyridine rings is 2. The summed E-state index contributed by atoms with van der Waals surface area (Å²) in [6.07, 6.45) is -2.06. The number of nitrogens with zero attached hydrogens (tertiary/aromatic N) is 5. The Morgan fingerprint density at radius 1 is 1.20 bits per heavy atom. The highest BCUT2D eigenvalue weighted by Crippen LogP contribution is 2.49. The maximum Gasteiger partial charge on any atom is 0.416 e. The second-order valence-corrected chi connectivity index (χ2v) is 10.2. The molecular weight excluding hydrogens is 521 g/mol. The van der Waals surface area contributed by atoms with Crippen LogP contribution < -0.4 is 20.3 Å². The van der Waals surface area contributed by atoms with E-state index in [1.807, 2.05) is 43.0 Å². The highest BCUT2D eigenvalue weighted by Gasteiger charge is 2.53. The van der Waals surface area contributed by atoms with Crippen molar-refractivity contribution in [2.24, 2.45) is 5.73 Å². The van der Waals surface area contributed by atoms with Crippen LogP contribution in [0, 0.1) is 11.3 Å². The summed E-state index contributed by atoms with van der Waals surface area (Å²) in [4.78, 5) is 26.8. The minimum absolute atomic E-state index is 0.0459. The minimum Gasteiger partial charge on any atom is -0.477 e. The topological polar surface area (TPSA) is 108 Å². The molecule has 1 saturated heterocycles. The average Bonchev–Trinajstić information content (AvgIpc) is 3.15. The fraction of sp³-hybridized carbons (Fsp3) is 0.379. The van der Waals surface area contributed by atoms with Crippen molar-refractivity contribution in [3.63, 3.8) is 0 Å². The van der Waals surface area contributed by atoms with E-state index >= 15 is 0 Å². The summed E-state index contributed by atoms with van der Waals surface area (Å²) in [5.74, 6) is 0.911. The van der Waals surface area contributed by atoms with Gasteiger partial charge < -0.3 is 15.4 Å². The molecule has 1 amide bonds. The maximum absolute atomic E-state index is 14.0. The number of hydrogen-bond acceptors (Lipinski definition) is 7. The molecule has 5 rings (SSSR count). The van der Waals surface area contributed by atoms with Crippen molar-refractivity contribution >= 4 is 17.4 Å². The maximum atomic E-state index is 14.0. The highest BCUT2D eigenvalue weighted by molar-refractivity contribution is 6.07. The smallest absolute Gasteiger partial charge is 0.416 e. The van der Waals surface area contributed by atoms with Gasteiger partial charge >= 0.3 is 6.18 Å². The van der Waals surface area contributed by atoms with Crippen LogP contribution >= 0.6 is 0 Å². The van der Waals surface area contributed by atoms with Crippen molar-refractivity contribution in [1.29, 1.82) is 5.26 Å². The van der Waals surface area contributed by atoms with E-state index < -0.39 is 17.2 Å². The van der Waals surface area contributed by atoms with Crippen LogP contribution in [0.1, 0.15) is 43.4 Å². The lowest BCUT2D eigenvalue weighted by Crippen LogP contribution is -2.50. The second kappa shape index (κ2) is 10.4. The van der Waals surface area contributed by atoms with Crippen LogP contribution in [0.25, 0.3) is 11.3 Å². The zero-order valence-corrected chi connectivity index (χ0v) is 22.2. The molecular formula is C29H29F3N6O2. The molecule has 1 fully saturated rings. The molecule has 1 spiro atoms. The van der Waals surface area contributed by atoms with Crippen molar-refractivity contribution in [2.75, 3.05) is 36.0 Å². The zero-order chi connectivity index (χ0) is 28.7. The largest absolute Gasteiger partial charge is 0.477 e. The Bertz CT molecular complexity index is 1480. The fourth-order valence-electron chi connectivity index (χ4n) is 5.63. The first kappa shape index (κ1) is 27.4. The molecule has 11 heteroatoms. The van der Waals surface area contributed by atoms with E-state index in [0.717, 1.165) is 17.7 Å². The van der Waals surface area contributed by atoms with E-state index in [2.05, 4.69) is 4.98 Å². The van der Waals surface area contributed by atoms with Gasteiger partial charge in [0.1, 0.15) is 11.9 Å². The van der Waals surface area contributed by atoms with E-state index in [4.69, 9.17) is 15.5 Å². The van der Waals surface area contributed by atoms with Crippen LogP contribution in [0.15, 0.2) is 48.7 Å². The summed E-state index contributed by atoms with van der Waals surface area (Å²) in [6.45, 7) is 5.20. The summed E-state index contributed by atoms with van der Waals surface area (Å²) in [6, 6.07) is 12.3. The number of rotatable bonds is 6. The fourth-order valence-corrected chi connectivity index (χ4v) is 5.63. The van der Waals surface area contributed by atoms with E-state index in [1.165, 1.54) is 6.07 Å². The number of nitriles is 1. The molecule has 0 aliphatic carbocycles. The number of amides is 1. The standard InChI is InChI=1S/C29H29F3N6O2/c1-3-40-26-21(5-4-12-35-26)23-8-7-22-25(36-23)38(17-18(2)34)27(39)28(22)10-13-37(14-11-28)24-9-6-20(29(30,31)32)15-19(24)16-33/h4-9,12,15,18H,3,10-11,13-14,17,34H2,1-2H3/t18-/m1/s1. The van der Waals surface area contributed by atoms with Gasteiger partial charge in [0.2, 0.25) is 11.8 Å². The number of alkyl halides is 3. The Labute approximate surface area is 230 Å². The van der Waals surface area contributed by atoms with Crippen molar-refractivity contribution in [1.82, 2.24) is 9.97 Å². The van der Waals surface area contributed by atoms with Crippen LogP contribution in [0.3, 0.4) is 0 Å². The Morgan fingerprint density at radius 3 is 2.60 bits per heavy atom. The van der Waals surface area contributed by atoms with Crippen molar-refractivity contribution < 1.29 is 22.7 Å². The highest BCUT2D eigenvalue weighted by atomic mass is 19.4. The molecule has 0 radical (unpaired) electrons. The Morgan fingerprint density at radius 2 is 1.95 bits per heavy atom. The Balaban J connectivity index is 1.49. The van der Waals surface area contributed by atoms with Gasteiger partial charge in [0.05, 0.1) is 40.1 Å². The zero-order valence-electron chi connectivity index (χ0n) is 22.2. The lowest BCUT2D eigenvalue weighted by atomic mass is 9.74. The molecule has 0 bridgehead atoms. The first-order chi connectivity index (χ1) is 19.1. The Hall–Kier alpha value is -4.17. The molecule has 1 aromatic carbocycles. The third-order valence-corrected chi connectivity index (χ3v) is 7.50. The van der Waals surface area contributed by atoms with Gasteiger partial charge in [-0.15, -0.1) is 0 Å². The van der Waals surface area contributed by atoms with Gasteiger partial charge in [-0.05, 0) is 63.1 Å². The minimum atomic E-state index is -4.54. The van der Waals surface area contributed by atoms with Crippen LogP contribution in [-0.4, -0.2) is 48.2 Å². The summed E-state index contributed by atoms with van der Waals surface area (Å²) < 4.78 is 45.3. The molecule has 2 N–H and O–H groups in total.